The molecule has 0 heterocycles. The number of halogens is 1. The largest absolute Gasteiger partial charge is 0.423 e. The quantitative estimate of drug-likeness (QED) is 0.134. The Kier molecular flexibility index (Phi) is 6.31. The van der Waals surface area contributed by atoms with Gasteiger partial charge < -0.3 is 4.74 Å². The van der Waals surface area contributed by atoms with E-state index in [9.17, 15) is 34.7 Å². The van der Waals surface area contributed by atoms with Gasteiger partial charge in [0, 0.05) is 17.7 Å². The molecule has 0 saturated heterocycles. The molecule has 0 atom stereocenters. The first kappa shape index (κ1) is 21.8. The number of esters is 1. The van der Waals surface area contributed by atoms with Crippen molar-refractivity contribution in [2.45, 2.75) is 0 Å². The summed E-state index contributed by atoms with van der Waals surface area (Å²) >= 11 is 0. The monoisotopic (exact) mass is 433 g/mol. The highest BCUT2D eigenvalue weighted by atomic mass is 19.1. The van der Waals surface area contributed by atoms with Crippen molar-refractivity contribution in [1.29, 1.82) is 5.26 Å². The average molecular weight is 433 g/mol. The molecule has 0 unspecified atom stereocenters. The summed E-state index contributed by atoms with van der Waals surface area (Å²) in [6.07, 6.45) is 1.45. The van der Waals surface area contributed by atoms with Crippen LogP contribution in [0.1, 0.15) is 21.5 Å². The molecule has 0 amide bonds. The summed E-state index contributed by atoms with van der Waals surface area (Å²) in [4.78, 5) is 32.5. The van der Waals surface area contributed by atoms with E-state index in [-0.39, 0.29) is 22.4 Å². The Balaban J connectivity index is 1.83. The van der Waals surface area contributed by atoms with Crippen LogP contribution < -0.4 is 4.74 Å². The number of nitro benzene ring substituents is 2. The average Bonchev–Trinajstić information content (AvgIpc) is 2.78. The van der Waals surface area contributed by atoms with Crippen molar-refractivity contribution in [2.24, 2.45) is 0 Å². The lowest BCUT2D eigenvalue weighted by atomic mass is 10.0. The molecule has 32 heavy (non-hydrogen) atoms. The van der Waals surface area contributed by atoms with E-state index in [1.54, 1.807) is 6.07 Å². The van der Waals surface area contributed by atoms with E-state index < -0.39 is 33.0 Å². The SMILES string of the molecule is N#C/C(=C/c1ccc(OC(=O)c2cc([N+](=O)[O-])cc([N+](=O)[O-])c2)cc1)c1ccccc1F. The standard InChI is InChI=1S/C22H12FN3O6/c23-21-4-2-1-3-20(21)16(13-24)9-14-5-7-19(8-6-14)32-22(27)15-10-17(25(28)29)12-18(11-15)26(30)31/h1-12H/b16-9-. The Hall–Kier alpha value is -4.91. The van der Waals surface area contributed by atoms with Crippen LogP contribution >= 0.6 is 0 Å². The topological polar surface area (TPSA) is 136 Å². The van der Waals surface area contributed by atoms with Crippen LogP contribution in [0.15, 0.2) is 66.7 Å². The zero-order valence-corrected chi connectivity index (χ0v) is 16.1. The molecule has 0 bridgehead atoms. The van der Waals surface area contributed by atoms with Crippen molar-refractivity contribution in [1.82, 2.24) is 0 Å². The number of carbonyl (C=O) groups excluding carboxylic acids is 1. The number of allylic oxidation sites excluding steroid dienone is 1. The smallest absolute Gasteiger partial charge is 0.344 e. The van der Waals surface area contributed by atoms with Crippen molar-refractivity contribution in [3.8, 4) is 11.8 Å². The van der Waals surface area contributed by atoms with Gasteiger partial charge in [-0.2, -0.15) is 5.26 Å². The van der Waals surface area contributed by atoms with Gasteiger partial charge in [0.05, 0.1) is 33.1 Å². The molecule has 0 aliphatic rings. The van der Waals surface area contributed by atoms with Crippen molar-refractivity contribution in [3.63, 3.8) is 0 Å². The molecule has 9 nitrogen and oxygen atoms in total. The molecule has 0 spiro atoms. The van der Waals surface area contributed by atoms with E-state index in [2.05, 4.69) is 0 Å². The van der Waals surface area contributed by atoms with Gasteiger partial charge in [-0.1, -0.05) is 30.3 Å². The van der Waals surface area contributed by atoms with E-state index in [0.29, 0.717) is 5.56 Å². The van der Waals surface area contributed by atoms with Crippen LogP contribution in [0, 0.1) is 37.4 Å². The summed E-state index contributed by atoms with van der Waals surface area (Å²) in [5.41, 5.74) is -0.848. The number of hydrogen-bond donors (Lipinski definition) is 0. The zero-order chi connectivity index (χ0) is 23.3. The van der Waals surface area contributed by atoms with Gasteiger partial charge in [-0.05, 0) is 29.8 Å². The van der Waals surface area contributed by atoms with Crippen LogP contribution in [-0.4, -0.2) is 15.8 Å². The maximum Gasteiger partial charge on any atom is 0.344 e. The third-order valence-electron chi connectivity index (χ3n) is 4.25. The molecule has 0 N–H and O–H groups in total. The number of benzene rings is 3. The van der Waals surface area contributed by atoms with Crippen molar-refractivity contribution in [3.05, 3.63) is 109 Å². The van der Waals surface area contributed by atoms with Crippen LogP contribution in [0.3, 0.4) is 0 Å². The number of nitriles is 1. The third kappa shape index (κ3) is 4.98. The molecule has 0 aliphatic carbocycles. The lowest BCUT2D eigenvalue weighted by molar-refractivity contribution is -0.394. The second kappa shape index (κ2) is 9.27. The molecule has 0 saturated carbocycles. The highest BCUT2D eigenvalue weighted by molar-refractivity contribution is 5.93. The summed E-state index contributed by atoms with van der Waals surface area (Å²) in [6.45, 7) is 0. The fourth-order valence-electron chi connectivity index (χ4n) is 2.74. The van der Waals surface area contributed by atoms with Gasteiger partial charge in [0.15, 0.2) is 0 Å². The molecule has 0 aliphatic heterocycles. The van der Waals surface area contributed by atoms with Crippen molar-refractivity contribution >= 4 is 29.0 Å². The van der Waals surface area contributed by atoms with E-state index >= 15 is 0 Å². The predicted molar refractivity (Wildman–Crippen MR) is 111 cm³/mol. The van der Waals surface area contributed by atoms with Gasteiger partial charge >= 0.3 is 5.97 Å². The van der Waals surface area contributed by atoms with Crippen LogP contribution in [0.2, 0.25) is 0 Å². The Labute approximate surface area is 179 Å². The number of ether oxygens (including phenoxy) is 1. The number of non-ortho nitro benzene ring substituents is 2. The minimum Gasteiger partial charge on any atom is -0.423 e. The number of rotatable bonds is 6. The first-order valence-corrected chi connectivity index (χ1v) is 8.91. The molecule has 0 fully saturated rings. The van der Waals surface area contributed by atoms with Gasteiger partial charge in [0.2, 0.25) is 0 Å². The summed E-state index contributed by atoms with van der Waals surface area (Å²) in [7, 11) is 0. The van der Waals surface area contributed by atoms with Gasteiger partial charge in [-0.15, -0.1) is 0 Å². The van der Waals surface area contributed by atoms with Gasteiger partial charge in [0.25, 0.3) is 11.4 Å². The van der Waals surface area contributed by atoms with Gasteiger partial charge in [0.1, 0.15) is 11.6 Å². The molecule has 158 valence electrons. The molecular formula is C22H12FN3O6. The molecule has 10 heteroatoms. The minimum absolute atomic E-state index is 0.0608. The lowest BCUT2D eigenvalue weighted by Gasteiger charge is -2.06. The van der Waals surface area contributed by atoms with E-state index in [4.69, 9.17) is 4.74 Å². The minimum atomic E-state index is -1.02. The first-order chi connectivity index (χ1) is 15.3. The van der Waals surface area contributed by atoms with Crippen LogP contribution in [0.5, 0.6) is 5.75 Å². The summed E-state index contributed by atoms with van der Waals surface area (Å²) in [5, 5.41) is 31.3. The molecule has 0 radical (unpaired) electrons. The predicted octanol–water partition coefficient (Wildman–Crippen LogP) is 4.93. The number of hydrogen-bond acceptors (Lipinski definition) is 7. The zero-order valence-electron chi connectivity index (χ0n) is 16.1. The van der Waals surface area contributed by atoms with Crippen molar-refractivity contribution in [2.75, 3.05) is 0 Å². The molecule has 0 aromatic heterocycles. The molecule has 3 aromatic carbocycles. The second-order valence-electron chi connectivity index (χ2n) is 6.36. The fraction of sp³-hybridized carbons (Fsp3) is 0. The number of nitro groups is 2. The third-order valence-corrected chi connectivity index (χ3v) is 4.25. The summed E-state index contributed by atoms with van der Waals surface area (Å²) in [5.74, 6) is -1.51. The van der Waals surface area contributed by atoms with Gasteiger partial charge in [-0.25, -0.2) is 9.18 Å². The lowest BCUT2D eigenvalue weighted by Crippen LogP contribution is -2.09. The molecular weight excluding hydrogens is 421 g/mol. The van der Waals surface area contributed by atoms with Crippen LogP contribution in [0.25, 0.3) is 11.6 Å². The maximum absolute atomic E-state index is 13.9. The highest BCUT2D eigenvalue weighted by Gasteiger charge is 2.21. The van der Waals surface area contributed by atoms with Crippen LogP contribution in [-0.2, 0) is 0 Å². The molecule has 3 rings (SSSR count). The van der Waals surface area contributed by atoms with E-state index in [1.165, 1.54) is 48.5 Å². The first-order valence-electron chi connectivity index (χ1n) is 8.91. The number of carbonyl (C=O) groups is 1. The van der Waals surface area contributed by atoms with Crippen LogP contribution in [0.4, 0.5) is 15.8 Å². The highest BCUT2D eigenvalue weighted by Crippen LogP contribution is 2.25. The summed E-state index contributed by atoms with van der Waals surface area (Å²) < 4.78 is 19.1. The number of nitrogens with zero attached hydrogens (tertiary/aromatic N) is 3. The Morgan fingerprint density at radius 3 is 2.09 bits per heavy atom. The van der Waals surface area contributed by atoms with Crippen molar-refractivity contribution < 1.29 is 23.8 Å². The Morgan fingerprint density at radius 1 is 0.969 bits per heavy atom. The van der Waals surface area contributed by atoms with E-state index in [0.717, 1.165) is 18.2 Å². The molecule has 3 aromatic rings. The fourth-order valence-corrected chi connectivity index (χ4v) is 2.74. The van der Waals surface area contributed by atoms with E-state index in [1.807, 2.05) is 6.07 Å². The Bertz CT molecular complexity index is 1260. The van der Waals surface area contributed by atoms with Gasteiger partial charge in [-0.3, -0.25) is 20.2 Å². The summed E-state index contributed by atoms with van der Waals surface area (Å²) in [6, 6.07) is 16.0. The maximum atomic E-state index is 13.9. The second-order valence-corrected chi connectivity index (χ2v) is 6.36. The normalized spacial score (nSPS) is 10.8. The Morgan fingerprint density at radius 2 is 1.56 bits per heavy atom.